The molecule has 104 valence electrons. The fraction of sp³-hybridized carbons (Fsp3) is 0.250. The molecule has 1 amide bonds. The number of Topliss-reactive ketones (excluding diaryl/α,β-unsaturated/α-hetero) is 1. The van der Waals surface area contributed by atoms with Gasteiger partial charge in [-0.3, -0.25) is 9.59 Å². The number of amides is 1. The zero-order chi connectivity index (χ0) is 14.5. The third-order valence-electron chi connectivity index (χ3n) is 3.09. The maximum Gasteiger partial charge on any atom is 0.289 e. The Labute approximate surface area is 118 Å². The Morgan fingerprint density at radius 3 is 2.30 bits per heavy atom. The van der Waals surface area contributed by atoms with Crippen LogP contribution in [0.15, 0.2) is 46.9 Å². The Bertz CT molecular complexity index is 601. The van der Waals surface area contributed by atoms with E-state index in [1.165, 1.54) is 24.6 Å². The van der Waals surface area contributed by atoms with Gasteiger partial charge in [-0.1, -0.05) is 30.3 Å². The smallest absolute Gasteiger partial charge is 0.289 e. The second-order valence-corrected chi connectivity index (χ2v) is 4.68. The summed E-state index contributed by atoms with van der Waals surface area (Å²) in [6, 6.07) is 13.0. The molecule has 1 aromatic carbocycles. The van der Waals surface area contributed by atoms with E-state index in [2.05, 4.69) is 0 Å². The number of hydrogen-bond donors (Lipinski definition) is 0. The van der Waals surface area contributed by atoms with E-state index in [1.807, 2.05) is 30.3 Å². The highest BCUT2D eigenvalue weighted by Gasteiger charge is 2.17. The highest BCUT2D eigenvalue weighted by atomic mass is 16.4. The number of benzene rings is 1. The highest BCUT2D eigenvalue weighted by molar-refractivity contribution is 5.95. The molecule has 0 radical (unpaired) electrons. The lowest BCUT2D eigenvalue weighted by molar-refractivity contribution is 0.0762. The average molecular weight is 271 g/mol. The molecule has 2 aromatic rings. The van der Waals surface area contributed by atoms with Gasteiger partial charge in [0.2, 0.25) is 0 Å². The zero-order valence-electron chi connectivity index (χ0n) is 11.6. The summed E-state index contributed by atoms with van der Waals surface area (Å²) < 4.78 is 5.24. The molecular weight excluding hydrogens is 254 g/mol. The van der Waals surface area contributed by atoms with Gasteiger partial charge < -0.3 is 9.32 Å². The molecule has 0 aliphatic rings. The maximum absolute atomic E-state index is 12.1. The summed E-state index contributed by atoms with van der Waals surface area (Å²) in [7, 11) is 1.72. The topological polar surface area (TPSA) is 50.5 Å². The third kappa shape index (κ3) is 3.35. The summed E-state index contributed by atoms with van der Waals surface area (Å²) in [5.74, 6) is 0.0139. The van der Waals surface area contributed by atoms with E-state index >= 15 is 0 Å². The Balaban J connectivity index is 1.96. The molecule has 0 spiro atoms. The van der Waals surface area contributed by atoms with Crippen molar-refractivity contribution in [1.29, 1.82) is 0 Å². The van der Waals surface area contributed by atoms with Gasteiger partial charge in [-0.05, 0) is 24.1 Å². The van der Waals surface area contributed by atoms with E-state index in [9.17, 15) is 9.59 Å². The highest BCUT2D eigenvalue weighted by Crippen LogP contribution is 2.11. The van der Waals surface area contributed by atoms with Crippen molar-refractivity contribution in [3.05, 3.63) is 59.5 Å². The second-order valence-electron chi connectivity index (χ2n) is 4.68. The van der Waals surface area contributed by atoms with Gasteiger partial charge in [-0.2, -0.15) is 0 Å². The van der Waals surface area contributed by atoms with Gasteiger partial charge in [0, 0.05) is 20.5 Å². The molecule has 0 aliphatic carbocycles. The minimum absolute atomic E-state index is 0.184. The Kier molecular flexibility index (Phi) is 4.35. The molecule has 0 unspecified atom stereocenters. The fourth-order valence-electron chi connectivity index (χ4n) is 1.87. The molecule has 0 atom stereocenters. The van der Waals surface area contributed by atoms with Crippen molar-refractivity contribution < 1.29 is 14.0 Å². The van der Waals surface area contributed by atoms with Gasteiger partial charge in [0.05, 0.1) is 0 Å². The molecule has 1 aromatic heterocycles. The predicted molar refractivity (Wildman–Crippen MR) is 75.8 cm³/mol. The molecule has 0 saturated heterocycles. The summed E-state index contributed by atoms with van der Waals surface area (Å²) in [6.45, 7) is 2.01. The summed E-state index contributed by atoms with van der Waals surface area (Å²) in [4.78, 5) is 24.9. The van der Waals surface area contributed by atoms with Gasteiger partial charge in [-0.25, -0.2) is 0 Å². The lowest BCUT2D eigenvalue weighted by Crippen LogP contribution is -2.28. The third-order valence-corrected chi connectivity index (χ3v) is 3.09. The number of nitrogens with zero attached hydrogens (tertiary/aromatic N) is 1. The first kappa shape index (κ1) is 14.1. The van der Waals surface area contributed by atoms with Crippen LogP contribution in [0, 0.1) is 0 Å². The van der Waals surface area contributed by atoms with Crippen molar-refractivity contribution in [3.63, 3.8) is 0 Å². The summed E-state index contributed by atoms with van der Waals surface area (Å²) >= 11 is 0. The van der Waals surface area contributed by atoms with E-state index in [0.29, 0.717) is 6.54 Å². The van der Waals surface area contributed by atoms with E-state index in [0.717, 1.165) is 6.42 Å². The first-order valence-corrected chi connectivity index (χ1v) is 6.48. The molecule has 0 aliphatic heterocycles. The van der Waals surface area contributed by atoms with Crippen molar-refractivity contribution in [2.24, 2.45) is 0 Å². The van der Waals surface area contributed by atoms with Crippen LogP contribution in [0.5, 0.6) is 0 Å². The Morgan fingerprint density at radius 1 is 1.05 bits per heavy atom. The quantitative estimate of drug-likeness (QED) is 0.786. The zero-order valence-corrected chi connectivity index (χ0v) is 11.6. The maximum atomic E-state index is 12.1. The van der Waals surface area contributed by atoms with Crippen molar-refractivity contribution in [2.45, 2.75) is 13.3 Å². The molecule has 0 N–H and O–H groups in total. The Morgan fingerprint density at radius 2 is 1.70 bits per heavy atom. The standard InChI is InChI=1S/C16H17NO3/c1-12(18)14-8-9-15(20-14)16(19)17(2)11-10-13-6-4-3-5-7-13/h3-9H,10-11H2,1-2H3. The van der Waals surface area contributed by atoms with Gasteiger partial charge >= 0.3 is 0 Å². The molecule has 20 heavy (non-hydrogen) atoms. The molecule has 1 heterocycles. The summed E-state index contributed by atoms with van der Waals surface area (Å²) in [5, 5.41) is 0. The summed E-state index contributed by atoms with van der Waals surface area (Å²) in [6.07, 6.45) is 0.781. The van der Waals surface area contributed by atoms with Gasteiger partial charge in [0.25, 0.3) is 5.91 Å². The van der Waals surface area contributed by atoms with Crippen LogP contribution in [-0.2, 0) is 6.42 Å². The largest absolute Gasteiger partial charge is 0.448 e. The minimum atomic E-state index is -0.214. The van der Waals surface area contributed by atoms with Gasteiger partial charge in [0.1, 0.15) is 0 Å². The number of rotatable bonds is 5. The monoisotopic (exact) mass is 271 g/mol. The summed E-state index contributed by atoms with van der Waals surface area (Å²) in [5.41, 5.74) is 1.18. The van der Waals surface area contributed by atoms with Crippen molar-refractivity contribution >= 4 is 11.7 Å². The molecule has 4 nitrogen and oxygen atoms in total. The van der Waals surface area contributed by atoms with Crippen LogP contribution in [0.3, 0.4) is 0 Å². The number of likely N-dealkylation sites (N-methyl/N-ethyl adjacent to an activating group) is 1. The first-order valence-electron chi connectivity index (χ1n) is 6.48. The van der Waals surface area contributed by atoms with Crippen molar-refractivity contribution in [2.75, 3.05) is 13.6 Å². The van der Waals surface area contributed by atoms with E-state index in [4.69, 9.17) is 4.42 Å². The normalized spacial score (nSPS) is 10.3. The number of carbonyl (C=O) groups is 2. The van der Waals surface area contributed by atoms with E-state index < -0.39 is 0 Å². The molecule has 0 bridgehead atoms. The van der Waals surface area contributed by atoms with Crippen LogP contribution in [0.2, 0.25) is 0 Å². The first-order chi connectivity index (χ1) is 9.58. The van der Waals surface area contributed by atoms with Crippen molar-refractivity contribution in [1.82, 2.24) is 4.90 Å². The van der Waals surface area contributed by atoms with Crippen LogP contribution in [0.1, 0.15) is 33.6 Å². The van der Waals surface area contributed by atoms with Crippen LogP contribution in [0.4, 0.5) is 0 Å². The molecule has 2 rings (SSSR count). The van der Waals surface area contributed by atoms with E-state index in [1.54, 1.807) is 11.9 Å². The molecule has 0 fully saturated rings. The lowest BCUT2D eigenvalue weighted by Gasteiger charge is -2.15. The average Bonchev–Trinajstić information content (AvgIpc) is 2.95. The van der Waals surface area contributed by atoms with Crippen LogP contribution >= 0.6 is 0 Å². The lowest BCUT2D eigenvalue weighted by atomic mass is 10.1. The molecule has 0 saturated carbocycles. The minimum Gasteiger partial charge on any atom is -0.448 e. The van der Waals surface area contributed by atoms with Gasteiger partial charge in [0.15, 0.2) is 17.3 Å². The number of furan rings is 1. The van der Waals surface area contributed by atoms with Crippen LogP contribution < -0.4 is 0 Å². The van der Waals surface area contributed by atoms with Crippen LogP contribution in [0.25, 0.3) is 0 Å². The predicted octanol–water partition coefficient (Wildman–Crippen LogP) is 2.80. The number of carbonyl (C=O) groups excluding carboxylic acids is 2. The second kappa shape index (κ2) is 6.19. The van der Waals surface area contributed by atoms with Gasteiger partial charge in [-0.15, -0.1) is 0 Å². The van der Waals surface area contributed by atoms with Crippen LogP contribution in [-0.4, -0.2) is 30.2 Å². The number of ketones is 1. The SMILES string of the molecule is CC(=O)c1ccc(C(=O)N(C)CCc2ccccc2)o1. The fourth-order valence-corrected chi connectivity index (χ4v) is 1.87. The molecule has 4 heteroatoms. The van der Waals surface area contributed by atoms with Crippen molar-refractivity contribution in [3.8, 4) is 0 Å². The number of hydrogen-bond acceptors (Lipinski definition) is 3. The van der Waals surface area contributed by atoms with E-state index in [-0.39, 0.29) is 23.2 Å². The molecular formula is C16H17NO3. The Hall–Kier alpha value is -2.36.